The van der Waals surface area contributed by atoms with Gasteiger partial charge < -0.3 is 23.3 Å². The summed E-state index contributed by atoms with van der Waals surface area (Å²) in [5.41, 5.74) is 0. The number of hydrogen-bond acceptors (Lipinski definition) is 2. The molecule has 0 unspecified atom stereocenters. The van der Waals surface area contributed by atoms with Crippen molar-refractivity contribution in [3.8, 4) is 0 Å². The quantitative estimate of drug-likeness (QED) is 0.266. The van der Waals surface area contributed by atoms with Crippen LogP contribution in [0.3, 0.4) is 0 Å². The minimum absolute atomic E-state index is 0. The van der Waals surface area contributed by atoms with E-state index in [4.69, 9.17) is 0 Å². The van der Waals surface area contributed by atoms with Crippen molar-refractivity contribution in [3.05, 3.63) is 0 Å². The van der Waals surface area contributed by atoms with Crippen LogP contribution in [0.25, 0.3) is 0 Å². The molecule has 0 aliphatic heterocycles. The first-order valence-corrected chi connectivity index (χ1v) is 1.50. The van der Waals surface area contributed by atoms with Crippen molar-refractivity contribution >= 4 is 23.3 Å². The molecule has 0 nitrogen and oxygen atoms in total. The van der Waals surface area contributed by atoms with Crippen LogP contribution in [0.15, 0.2) is 0 Å². The van der Waals surface area contributed by atoms with E-state index in [-0.39, 0.29) is 109 Å². The van der Waals surface area contributed by atoms with E-state index in [9.17, 15) is 0 Å². The molecule has 0 N–H and O–H groups in total. The summed E-state index contributed by atoms with van der Waals surface area (Å²) in [6, 6.07) is 0. The normalized spacial score (nSPS) is 0.750. The Bertz CT molecular complexity index is 16.0. The molecule has 64 valence electrons. The molecule has 0 rings (SSSR count). The first-order valence-electron chi connectivity index (χ1n) is 0.167. The van der Waals surface area contributed by atoms with Gasteiger partial charge in [-0.15, -0.1) is 0 Å². The molecule has 0 aromatic heterocycles. The topological polar surface area (TPSA) is 0 Å². The number of hydrogen-bond donors (Lipinski definition) is 0. The van der Waals surface area contributed by atoms with Crippen molar-refractivity contribution in [2.45, 2.75) is 0 Å². The van der Waals surface area contributed by atoms with Crippen LogP contribution in [0.4, 0.5) is 0 Å². The summed E-state index contributed by atoms with van der Waals surface area (Å²) in [5.74, 6) is 0. The zero-order valence-electron chi connectivity index (χ0n) is 2.93. The standard InChI is InChI=1S/2Co.2Mo.2Ni.S2/c;;;;;;1-2/q;;;;;;-2. The molecule has 0 saturated heterocycles. The van der Waals surface area contributed by atoms with Gasteiger partial charge in [0.15, 0.2) is 0 Å². The van der Waals surface area contributed by atoms with Crippen LogP contribution in [-0.4, -0.2) is 0 Å². The summed E-state index contributed by atoms with van der Waals surface area (Å²) in [6.07, 6.45) is 0. The fourth-order valence-electron chi connectivity index (χ4n) is 0. The van der Waals surface area contributed by atoms with Crippen molar-refractivity contribution < 1.29 is 109 Å². The van der Waals surface area contributed by atoms with Gasteiger partial charge in [0.25, 0.3) is 0 Å². The minimum atomic E-state index is 0. The Kier molecular flexibility index (Phi) is 486. The van der Waals surface area contributed by atoms with E-state index < -0.39 is 0 Å². The van der Waals surface area contributed by atoms with Crippen molar-refractivity contribution in [1.29, 1.82) is 0 Å². The van der Waals surface area contributed by atoms with Crippen molar-refractivity contribution in [2.75, 3.05) is 0 Å². The zero-order chi connectivity index (χ0) is 2.00. The fourth-order valence-corrected chi connectivity index (χ4v) is 0. The van der Waals surface area contributed by atoms with Crippen LogP contribution < -0.4 is 0 Å². The molecule has 0 spiro atoms. The third kappa shape index (κ3) is 50.0. The molecule has 0 fully saturated rings. The average molecular weight is 491 g/mol. The molecule has 0 heterocycles. The summed E-state index contributed by atoms with van der Waals surface area (Å²) in [6.45, 7) is 0. The van der Waals surface area contributed by atoms with E-state index in [1.807, 2.05) is 0 Å². The Morgan fingerprint density at radius 1 is 0.625 bits per heavy atom. The van der Waals surface area contributed by atoms with Gasteiger partial charge in [-0.3, -0.25) is 0 Å². The fraction of sp³-hybridized carbons (Fsp3) is 0. The van der Waals surface area contributed by atoms with E-state index in [1.165, 1.54) is 0 Å². The third-order valence-corrected chi connectivity index (χ3v) is 0. The van der Waals surface area contributed by atoms with Gasteiger partial charge in [0, 0.05) is 109 Å². The monoisotopic (exact) mass is 493 g/mol. The molecule has 8 heteroatoms. The Morgan fingerprint density at radius 2 is 0.625 bits per heavy atom. The van der Waals surface area contributed by atoms with E-state index in [0.29, 0.717) is 0 Å². The van der Waals surface area contributed by atoms with Gasteiger partial charge in [-0.1, -0.05) is 0 Å². The van der Waals surface area contributed by atoms with E-state index >= 15 is 0 Å². The summed E-state index contributed by atoms with van der Waals surface area (Å²) >= 11 is 7.33. The molecule has 0 aliphatic rings. The second-order valence-electron chi connectivity index (χ2n) is 0. The zero-order valence-corrected chi connectivity index (χ0v) is 12.6. The van der Waals surface area contributed by atoms with Crippen molar-refractivity contribution in [1.82, 2.24) is 0 Å². The Labute approximate surface area is 130 Å². The predicted octanol–water partition coefficient (Wildman–Crippen LogP) is -0.0198. The van der Waals surface area contributed by atoms with Crippen LogP contribution in [0.5, 0.6) is 0 Å². The van der Waals surface area contributed by atoms with E-state index in [2.05, 4.69) is 23.3 Å². The first kappa shape index (κ1) is 57.5. The maximum atomic E-state index is 3.67. The molecule has 8 heavy (non-hydrogen) atoms. The SMILES string of the molecule is [Co].[Co].[Mo].[Mo].[Ni].[Ni].[S-][S-]. The Balaban J connectivity index is -0.000000000333. The average Bonchev–Trinajstić information content (AvgIpc) is 1.00. The van der Waals surface area contributed by atoms with Gasteiger partial charge in [0.05, 0.1) is 0 Å². The molecule has 0 amide bonds. The first-order chi connectivity index (χ1) is 1.00. The van der Waals surface area contributed by atoms with Crippen molar-refractivity contribution in [2.24, 2.45) is 0 Å². The van der Waals surface area contributed by atoms with Gasteiger partial charge in [0.1, 0.15) is 0 Å². The molecule has 0 aliphatic carbocycles. The summed E-state index contributed by atoms with van der Waals surface area (Å²) in [5, 5.41) is 0. The smallest absolute Gasteiger partial charge is 0 e. The van der Waals surface area contributed by atoms with E-state index in [0.717, 1.165) is 0 Å². The van der Waals surface area contributed by atoms with Crippen molar-refractivity contribution in [3.63, 3.8) is 0 Å². The van der Waals surface area contributed by atoms with Crippen LogP contribution >= 0.6 is 0 Å². The molecule has 0 aromatic rings. The van der Waals surface area contributed by atoms with Gasteiger partial charge in [-0.25, -0.2) is 0 Å². The van der Waals surface area contributed by atoms with Crippen LogP contribution in [0, 0.1) is 0 Å². The second-order valence-corrected chi connectivity index (χ2v) is 0. The Hall–Kier alpha value is 4.08. The van der Waals surface area contributed by atoms with Gasteiger partial charge >= 0.3 is 0 Å². The largest absolute Gasteiger partial charge is 1.00 e. The second kappa shape index (κ2) is 67.7. The molecule has 0 atom stereocenters. The van der Waals surface area contributed by atoms with E-state index in [1.54, 1.807) is 0 Å². The minimum Gasteiger partial charge on any atom is -1.00 e. The van der Waals surface area contributed by atoms with Crippen LogP contribution in [0.1, 0.15) is 0 Å². The van der Waals surface area contributed by atoms with Gasteiger partial charge in [0.2, 0.25) is 0 Å². The Morgan fingerprint density at radius 3 is 0.625 bits per heavy atom. The summed E-state index contributed by atoms with van der Waals surface area (Å²) < 4.78 is 0. The maximum absolute atomic E-state index is 3.67. The van der Waals surface area contributed by atoms with Crippen LogP contribution in [-0.2, 0) is 132 Å². The molecule has 0 aromatic carbocycles. The molecular weight excluding hydrogens is 491 g/mol. The molecule has 2 radical (unpaired) electrons. The molecular formula is Co2Mo2Ni2S2-2. The maximum Gasteiger partial charge on any atom is 0 e. The number of rotatable bonds is 0. The molecule has 0 bridgehead atoms. The molecule has 0 saturated carbocycles. The van der Waals surface area contributed by atoms with Crippen LogP contribution in [0.2, 0.25) is 0 Å². The predicted molar refractivity (Wildman–Crippen MR) is 14.7 cm³/mol. The third-order valence-electron chi connectivity index (χ3n) is 0. The van der Waals surface area contributed by atoms with Gasteiger partial charge in [-0.2, -0.15) is 0 Å². The summed E-state index contributed by atoms with van der Waals surface area (Å²) in [7, 11) is 0. The van der Waals surface area contributed by atoms with Gasteiger partial charge in [-0.05, 0) is 0 Å². The summed E-state index contributed by atoms with van der Waals surface area (Å²) in [4.78, 5) is 0.